The van der Waals surface area contributed by atoms with Crippen molar-refractivity contribution in [2.24, 2.45) is 4.99 Å². The topological polar surface area (TPSA) is 93.8 Å². The molecule has 0 spiro atoms. The van der Waals surface area contributed by atoms with Gasteiger partial charge in [-0.25, -0.2) is 4.99 Å². The predicted molar refractivity (Wildman–Crippen MR) is 79.2 cm³/mol. The molecule has 0 radical (unpaired) electrons. The van der Waals surface area contributed by atoms with Gasteiger partial charge in [-0.15, -0.1) is 0 Å². The number of hydrogen-bond donors (Lipinski definition) is 2. The van der Waals surface area contributed by atoms with Crippen molar-refractivity contribution in [3.63, 3.8) is 0 Å². The van der Waals surface area contributed by atoms with Gasteiger partial charge < -0.3 is 24.6 Å². The molecule has 21 heavy (non-hydrogen) atoms. The van der Waals surface area contributed by atoms with Crippen LogP contribution in [0, 0.1) is 6.92 Å². The molecule has 0 saturated carbocycles. The Morgan fingerprint density at radius 3 is 2.81 bits per heavy atom. The van der Waals surface area contributed by atoms with Crippen molar-refractivity contribution in [2.45, 2.75) is 26.8 Å². The van der Waals surface area contributed by atoms with E-state index in [4.69, 9.17) is 14.0 Å². The first-order valence-corrected chi connectivity index (χ1v) is 7.14. The smallest absolute Gasteiger partial charge is 0.248 e. The molecule has 0 aliphatic carbocycles. The summed E-state index contributed by atoms with van der Waals surface area (Å²) in [6, 6.07) is 0. The number of aromatic nitrogens is 2. The molecular formula is C13H25N5O3. The van der Waals surface area contributed by atoms with E-state index in [9.17, 15) is 0 Å². The lowest BCUT2D eigenvalue weighted by molar-refractivity contribution is 0.0698. The lowest BCUT2D eigenvalue weighted by Crippen LogP contribution is -2.38. The van der Waals surface area contributed by atoms with Gasteiger partial charge in [0, 0.05) is 26.8 Å². The molecule has 0 amide bonds. The fourth-order valence-electron chi connectivity index (χ4n) is 1.52. The van der Waals surface area contributed by atoms with E-state index in [0.29, 0.717) is 38.1 Å². The minimum Gasteiger partial charge on any atom is -0.382 e. The van der Waals surface area contributed by atoms with Crippen LogP contribution in [0.5, 0.6) is 0 Å². The van der Waals surface area contributed by atoms with E-state index in [0.717, 1.165) is 25.5 Å². The molecule has 1 aromatic rings. The van der Waals surface area contributed by atoms with Crippen LogP contribution >= 0.6 is 0 Å². The average molecular weight is 299 g/mol. The molecule has 8 nitrogen and oxygen atoms in total. The Balaban J connectivity index is 2.22. The van der Waals surface area contributed by atoms with Crippen molar-refractivity contribution in [1.82, 2.24) is 20.8 Å². The van der Waals surface area contributed by atoms with Gasteiger partial charge in [0.1, 0.15) is 6.54 Å². The van der Waals surface area contributed by atoms with Crippen LogP contribution in [-0.2, 0) is 16.0 Å². The normalized spacial score (nSPS) is 11.7. The molecule has 0 unspecified atom stereocenters. The van der Waals surface area contributed by atoms with Gasteiger partial charge in [-0.2, -0.15) is 4.98 Å². The summed E-state index contributed by atoms with van der Waals surface area (Å²) in [5.74, 6) is 1.85. The number of nitrogens with one attached hydrogen (secondary N) is 2. The van der Waals surface area contributed by atoms with Gasteiger partial charge in [0.2, 0.25) is 5.89 Å². The minimum atomic E-state index is 0.362. The maximum Gasteiger partial charge on any atom is 0.248 e. The number of hydrogen-bond acceptors (Lipinski definition) is 6. The standard InChI is InChI=1S/C13H25N5O3/c1-4-14-13(15-6-5-7-20-9-8-19-3)16-10-12-17-11(2)18-21-12/h4-10H2,1-3H3,(H2,14,15,16). The van der Waals surface area contributed by atoms with Crippen LogP contribution in [0.4, 0.5) is 0 Å². The molecule has 0 bridgehead atoms. The number of aliphatic imine (C=N–C) groups is 1. The summed E-state index contributed by atoms with van der Waals surface area (Å²) in [6.45, 7) is 7.67. The Labute approximate surface area is 125 Å². The third-order valence-corrected chi connectivity index (χ3v) is 2.48. The summed E-state index contributed by atoms with van der Waals surface area (Å²) < 4.78 is 15.3. The Hall–Kier alpha value is -1.67. The zero-order chi connectivity index (χ0) is 15.3. The third kappa shape index (κ3) is 8.26. The molecule has 1 aromatic heterocycles. The first kappa shape index (κ1) is 17.4. The van der Waals surface area contributed by atoms with Gasteiger partial charge in [-0.3, -0.25) is 0 Å². The Morgan fingerprint density at radius 2 is 2.14 bits per heavy atom. The molecule has 120 valence electrons. The Bertz CT molecular complexity index is 408. The summed E-state index contributed by atoms with van der Waals surface area (Å²) >= 11 is 0. The summed E-state index contributed by atoms with van der Waals surface area (Å²) in [6.07, 6.45) is 0.897. The van der Waals surface area contributed by atoms with Crippen LogP contribution < -0.4 is 10.6 Å². The lowest BCUT2D eigenvalue weighted by atomic mass is 10.4. The molecule has 0 atom stereocenters. The number of rotatable bonds is 10. The van der Waals surface area contributed by atoms with Crippen molar-refractivity contribution in [1.29, 1.82) is 0 Å². The SMILES string of the molecule is CCNC(=NCc1nc(C)no1)NCCCOCCOC. The van der Waals surface area contributed by atoms with Crippen LogP contribution in [-0.4, -0.2) is 56.1 Å². The highest BCUT2D eigenvalue weighted by Gasteiger charge is 2.02. The summed E-state index contributed by atoms with van der Waals surface area (Å²) in [7, 11) is 1.66. The number of methoxy groups -OCH3 is 1. The van der Waals surface area contributed by atoms with Crippen LogP contribution in [0.1, 0.15) is 25.1 Å². The highest BCUT2D eigenvalue weighted by Crippen LogP contribution is 1.97. The molecule has 0 saturated heterocycles. The predicted octanol–water partition coefficient (Wildman–Crippen LogP) is 0.486. The summed E-state index contributed by atoms with van der Waals surface area (Å²) in [5.41, 5.74) is 0. The van der Waals surface area contributed by atoms with E-state index >= 15 is 0 Å². The molecule has 1 rings (SSSR count). The van der Waals surface area contributed by atoms with Crippen molar-refractivity contribution in [2.75, 3.05) is 40.0 Å². The maximum atomic E-state index is 5.39. The fraction of sp³-hybridized carbons (Fsp3) is 0.769. The number of nitrogens with zero attached hydrogens (tertiary/aromatic N) is 3. The van der Waals surface area contributed by atoms with Gasteiger partial charge in [0.25, 0.3) is 0 Å². The first-order valence-electron chi connectivity index (χ1n) is 7.14. The van der Waals surface area contributed by atoms with Gasteiger partial charge in [-0.05, 0) is 20.3 Å². The van der Waals surface area contributed by atoms with E-state index < -0.39 is 0 Å². The Morgan fingerprint density at radius 1 is 1.29 bits per heavy atom. The van der Waals surface area contributed by atoms with Gasteiger partial charge in [-0.1, -0.05) is 5.16 Å². The molecular weight excluding hydrogens is 274 g/mol. The quantitative estimate of drug-likeness (QED) is 0.369. The van der Waals surface area contributed by atoms with Gasteiger partial charge >= 0.3 is 0 Å². The van der Waals surface area contributed by atoms with Crippen LogP contribution in [0.25, 0.3) is 0 Å². The molecule has 2 N–H and O–H groups in total. The molecule has 0 aliphatic heterocycles. The second-order valence-corrected chi connectivity index (χ2v) is 4.32. The number of guanidine groups is 1. The summed E-state index contributed by atoms with van der Waals surface area (Å²) in [4.78, 5) is 8.49. The van der Waals surface area contributed by atoms with E-state index in [1.165, 1.54) is 0 Å². The highest BCUT2D eigenvalue weighted by molar-refractivity contribution is 5.79. The van der Waals surface area contributed by atoms with Crippen LogP contribution in [0.2, 0.25) is 0 Å². The molecule has 0 aromatic carbocycles. The summed E-state index contributed by atoms with van der Waals surface area (Å²) in [5, 5.41) is 10.1. The highest BCUT2D eigenvalue weighted by atomic mass is 16.5. The zero-order valence-electron chi connectivity index (χ0n) is 13.0. The third-order valence-electron chi connectivity index (χ3n) is 2.48. The molecule has 1 heterocycles. The number of ether oxygens (including phenoxy) is 2. The van der Waals surface area contributed by atoms with E-state index in [1.54, 1.807) is 14.0 Å². The largest absolute Gasteiger partial charge is 0.382 e. The van der Waals surface area contributed by atoms with Crippen molar-refractivity contribution >= 4 is 5.96 Å². The minimum absolute atomic E-state index is 0.362. The zero-order valence-corrected chi connectivity index (χ0v) is 13.0. The monoisotopic (exact) mass is 299 g/mol. The lowest BCUT2D eigenvalue weighted by Gasteiger charge is -2.10. The van der Waals surface area contributed by atoms with Crippen molar-refractivity contribution < 1.29 is 14.0 Å². The fourth-order valence-corrected chi connectivity index (χ4v) is 1.52. The van der Waals surface area contributed by atoms with E-state index in [1.807, 2.05) is 6.92 Å². The first-order chi connectivity index (χ1) is 10.3. The van der Waals surface area contributed by atoms with Crippen LogP contribution in [0.15, 0.2) is 9.52 Å². The van der Waals surface area contributed by atoms with Gasteiger partial charge in [0.15, 0.2) is 11.8 Å². The molecule has 0 aliphatic rings. The van der Waals surface area contributed by atoms with Crippen molar-refractivity contribution in [3.05, 3.63) is 11.7 Å². The van der Waals surface area contributed by atoms with E-state index in [2.05, 4.69) is 25.8 Å². The number of aryl methyl sites for hydroxylation is 1. The van der Waals surface area contributed by atoms with E-state index in [-0.39, 0.29) is 0 Å². The Kier molecular flexibility index (Phi) is 9.14. The second-order valence-electron chi connectivity index (χ2n) is 4.32. The van der Waals surface area contributed by atoms with Crippen molar-refractivity contribution in [3.8, 4) is 0 Å². The van der Waals surface area contributed by atoms with Crippen LogP contribution in [0.3, 0.4) is 0 Å². The molecule has 0 fully saturated rings. The second kappa shape index (κ2) is 11.0. The average Bonchev–Trinajstić information content (AvgIpc) is 2.89. The molecule has 8 heteroatoms. The maximum absolute atomic E-state index is 5.39. The van der Waals surface area contributed by atoms with Gasteiger partial charge in [0.05, 0.1) is 13.2 Å².